The van der Waals surface area contributed by atoms with Crippen LogP contribution in [0.1, 0.15) is 6.92 Å². The normalized spacial score (nSPS) is 19.8. The first kappa shape index (κ1) is 12.0. The smallest absolute Gasteiger partial charge is 0.258 e. The number of hydrogen-bond acceptors (Lipinski definition) is 5. The molecule has 6 nitrogen and oxygen atoms in total. The first-order valence-corrected chi connectivity index (χ1v) is 6.28. The van der Waals surface area contributed by atoms with Crippen LogP contribution in [0.25, 0.3) is 10.9 Å². The van der Waals surface area contributed by atoms with E-state index in [4.69, 9.17) is 10.5 Å². The summed E-state index contributed by atoms with van der Waals surface area (Å²) in [7, 11) is 0. The minimum Gasteiger partial charge on any atom is -0.397 e. The maximum Gasteiger partial charge on any atom is 0.258 e. The van der Waals surface area contributed by atoms with Crippen LogP contribution in [0.2, 0.25) is 0 Å². The number of nitrogens with zero attached hydrogens (tertiary/aromatic N) is 2. The van der Waals surface area contributed by atoms with E-state index in [0.717, 1.165) is 12.2 Å². The van der Waals surface area contributed by atoms with Crippen molar-refractivity contribution in [3.05, 3.63) is 28.8 Å². The third-order valence-electron chi connectivity index (χ3n) is 3.47. The number of aromatic nitrogens is 2. The number of anilines is 2. The molecule has 0 bridgehead atoms. The predicted molar refractivity (Wildman–Crippen MR) is 74.4 cm³/mol. The Hall–Kier alpha value is -2.08. The summed E-state index contributed by atoms with van der Waals surface area (Å²) in [6, 6.07) is 3.83. The van der Waals surface area contributed by atoms with Crippen molar-refractivity contribution in [1.29, 1.82) is 0 Å². The van der Waals surface area contributed by atoms with Crippen molar-refractivity contribution in [2.75, 3.05) is 30.4 Å². The Bertz CT molecular complexity index is 667. The molecular weight excluding hydrogens is 244 g/mol. The zero-order chi connectivity index (χ0) is 13.4. The summed E-state index contributed by atoms with van der Waals surface area (Å²) < 4.78 is 5.43. The second-order valence-corrected chi connectivity index (χ2v) is 4.78. The van der Waals surface area contributed by atoms with Crippen LogP contribution in [0.15, 0.2) is 23.3 Å². The van der Waals surface area contributed by atoms with E-state index >= 15 is 0 Å². The van der Waals surface area contributed by atoms with Gasteiger partial charge in [-0.25, -0.2) is 4.98 Å². The average molecular weight is 260 g/mol. The highest BCUT2D eigenvalue weighted by Crippen LogP contribution is 2.29. The fourth-order valence-electron chi connectivity index (χ4n) is 2.45. The highest BCUT2D eigenvalue weighted by atomic mass is 16.5. The molecule has 100 valence electrons. The Labute approximate surface area is 110 Å². The number of rotatable bonds is 1. The number of ether oxygens (including phenoxy) is 1. The number of H-pyrrole nitrogens is 1. The molecule has 1 fully saturated rings. The van der Waals surface area contributed by atoms with Crippen LogP contribution >= 0.6 is 0 Å². The minimum atomic E-state index is -0.168. The Morgan fingerprint density at radius 3 is 3.16 bits per heavy atom. The SMILES string of the molecule is CC1COCCN1c1cc2nc[nH]c(=O)c2cc1N. The van der Waals surface area contributed by atoms with E-state index in [9.17, 15) is 4.79 Å². The van der Waals surface area contributed by atoms with Crippen LogP contribution in [-0.4, -0.2) is 35.8 Å². The van der Waals surface area contributed by atoms with Crippen molar-refractivity contribution >= 4 is 22.3 Å². The van der Waals surface area contributed by atoms with Crippen LogP contribution in [0.5, 0.6) is 0 Å². The van der Waals surface area contributed by atoms with Gasteiger partial charge in [0.1, 0.15) is 0 Å². The summed E-state index contributed by atoms with van der Waals surface area (Å²) in [6.45, 7) is 4.25. The molecule has 0 aliphatic carbocycles. The number of fused-ring (bicyclic) bond motifs is 1. The van der Waals surface area contributed by atoms with Gasteiger partial charge in [-0.1, -0.05) is 0 Å². The quantitative estimate of drug-likeness (QED) is 0.738. The van der Waals surface area contributed by atoms with Crippen molar-refractivity contribution in [3.63, 3.8) is 0 Å². The summed E-state index contributed by atoms with van der Waals surface area (Å²) in [6.07, 6.45) is 1.41. The number of nitrogen functional groups attached to an aromatic ring is 1. The van der Waals surface area contributed by atoms with Crippen molar-refractivity contribution in [2.45, 2.75) is 13.0 Å². The highest BCUT2D eigenvalue weighted by Gasteiger charge is 2.21. The molecule has 1 aliphatic rings. The van der Waals surface area contributed by atoms with Gasteiger partial charge in [-0.05, 0) is 19.1 Å². The molecule has 0 spiro atoms. The summed E-state index contributed by atoms with van der Waals surface area (Å²) in [5, 5.41) is 0.518. The lowest BCUT2D eigenvalue weighted by atomic mass is 10.1. The van der Waals surface area contributed by atoms with Gasteiger partial charge in [0.15, 0.2) is 0 Å². The molecule has 2 heterocycles. The Morgan fingerprint density at radius 2 is 2.37 bits per heavy atom. The predicted octanol–water partition coefficient (Wildman–Crippen LogP) is 0.730. The molecule has 3 rings (SSSR count). The number of nitrogens with two attached hydrogens (primary N) is 1. The Kier molecular flexibility index (Phi) is 2.87. The molecule has 3 N–H and O–H groups in total. The molecule has 1 aromatic carbocycles. The summed E-state index contributed by atoms with van der Waals surface area (Å²) in [5.41, 5.74) is 8.09. The lowest BCUT2D eigenvalue weighted by Gasteiger charge is -2.36. The monoisotopic (exact) mass is 260 g/mol. The molecule has 0 radical (unpaired) electrons. The van der Waals surface area contributed by atoms with E-state index in [1.807, 2.05) is 6.07 Å². The van der Waals surface area contributed by atoms with Crippen LogP contribution in [0.3, 0.4) is 0 Å². The first-order chi connectivity index (χ1) is 9.16. The summed E-state index contributed by atoms with van der Waals surface area (Å²) in [4.78, 5) is 20.6. The molecule has 1 aromatic heterocycles. The van der Waals surface area contributed by atoms with E-state index < -0.39 is 0 Å². The molecular formula is C13H16N4O2. The van der Waals surface area contributed by atoms with Gasteiger partial charge in [0.25, 0.3) is 5.56 Å². The molecule has 1 atom stereocenters. The van der Waals surface area contributed by atoms with Crippen LogP contribution in [0, 0.1) is 0 Å². The molecule has 0 amide bonds. The van der Waals surface area contributed by atoms with Crippen molar-refractivity contribution in [2.24, 2.45) is 0 Å². The lowest BCUT2D eigenvalue weighted by molar-refractivity contribution is 0.0990. The van der Waals surface area contributed by atoms with Crippen molar-refractivity contribution in [1.82, 2.24) is 9.97 Å². The first-order valence-electron chi connectivity index (χ1n) is 6.28. The van der Waals surface area contributed by atoms with E-state index in [2.05, 4.69) is 21.8 Å². The summed E-state index contributed by atoms with van der Waals surface area (Å²) >= 11 is 0. The molecule has 1 aliphatic heterocycles. The van der Waals surface area contributed by atoms with Gasteiger partial charge in [-0.2, -0.15) is 0 Å². The topological polar surface area (TPSA) is 84.2 Å². The zero-order valence-corrected chi connectivity index (χ0v) is 10.7. The third kappa shape index (κ3) is 2.04. The molecule has 19 heavy (non-hydrogen) atoms. The Morgan fingerprint density at radius 1 is 1.53 bits per heavy atom. The second-order valence-electron chi connectivity index (χ2n) is 4.78. The van der Waals surface area contributed by atoms with E-state index in [0.29, 0.717) is 29.8 Å². The van der Waals surface area contributed by atoms with Gasteiger partial charge in [-0.3, -0.25) is 4.79 Å². The molecule has 6 heteroatoms. The van der Waals surface area contributed by atoms with Gasteiger partial charge < -0.3 is 20.4 Å². The van der Waals surface area contributed by atoms with Crippen molar-refractivity contribution < 1.29 is 4.74 Å². The van der Waals surface area contributed by atoms with Crippen LogP contribution in [0.4, 0.5) is 11.4 Å². The Balaban J connectivity index is 2.13. The van der Waals surface area contributed by atoms with Gasteiger partial charge in [0.2, 0.25) is 0 Å². The fourth-order valence-corrected chi connectivity index (χ4v) is 2.45. The fraction of sp³-hybridized carbons (Fsp3) is 0.385. The maximum absolute atomic E-state index is 11.7. The number of nitrogens with one attached hydrogen (secondary N) is 1. The number of hydrogen-bond donors (Lipinski definition) is 2. The number of benzene rings is 1. The standard InChI is InChI=1S/C13H16N4O2/c1-8-6-19-3-2-17(8)12-5-11-9(4-10(12)14)13(18)16-7-15-11/h4-5,7-8H,2-3,6,14H2,1H3,(H,15,16,18). The molecule has 1 unspecified atom stereocenters. The average Bonchev–Trinajstić information content (AvgIpc) is 2.40. The second kappa shape index (κ2) is 4.55. The highest BCUT2D eigenvalue weighted by molar-refractivity contribution is 5.88. The van der Waals surface area contributed by atoms with Crippen LogP contribution in [-0.2, 0) is 4.74 Å². The van der Waals surface area contributed by atoms with Gasteiger partial charge in [0, 0.05) is 12.6 Å². The van der Waals surface area contributed by atoms with Crippen molar-refractivity contribution in [3.8, 4) is 0 Å². The third-order valence-corrected chi connectivity index (χ3v) is 3.47. The van der Waals surface area contributed by atoms with E-state index in [1.165, 1.54) is 6.33 Å². The van der Waals surface area contributed by atoms with Gasteiger partial charge in [-0.15, -0.1) is 0 Å². The van der Waals surface area contributed by atoms with E-state index in [-0.39, 0.29) is 11.6 Å². The van der Waals surface area contributed by atoms with Gasteiger partial charge in [0.05, 0.1) is 41.8 Å². The maximum atomic E-state index is 11.7. The zero-order valence-electron chi connectivity index (χ0n) is 10.7. The largest absolute Gasteiger partial charge is 0.397 e. The lowest BCUT2D eigenvalue weighted by Crippen LogP contribution is -2.44. The number of morpholine rings is 1. The van der Waals surface area contributed by atoms with E-state index in [1.54, 1.807) is 6.07 Å². The van der Waals surface area contributed by atoms with Gasteiger partial charge >= 0.3 is 0 Å². The molecule has 1 saturated heterocycles. The summed E-state index contributed by atoms with van der Waals surface area (Å²) in [5.74, 6) is 0. The number of aromatic amines is 1. The molecule has 2 aromatic rings. The molecule has 0 saturated carbocycles. The minimum absolute atomic E-state index is 0.168. The van der Waals surface area contributed by atoms with Crippen LogP contribution < -0.4 is 16.2 Å².